The van der Waals surface area contributed by atoms with E-state index >= 15 is 0 Å². The third-order valence-electron chi connectivity index (χ3n) is 4.10. The lowest BCUT2D eigenvalue weighted by Gasteiger charge is -2.15. The van der Waals surface area contributed by atoms with Crippen LogP contribution in [0.5, 0.6) is 0 Å². The summed E-state index contributed by atoms with van der Waals surface area (Å²) in [4.78, 5) is 22.9. The van der Waals surface area contributed by atoms with Crippen LogP contribution in [0.3, 0.4) is 0 Å². The summed E-state index contributed by atoms with van der Waals surface area (Å²) in [5, 5.41) is 14.1. The van der Waals surface area contributed by atoms with Gasteiger partial charge in [0, 0.05) is 35.8 Å². The molecule has 130 valence electrons. The Labute approximate surface area is 150 Å². The van der Waals surface area contributed by atoms with E-state index in [1.54, 1.807) is 37.0 Å². The van der Waals surface area contributed by atoms with E-state index < -0.39 is 0 Å². The van der Waals surface area contributed by atoms with Crippen molar-refractivity contribution in [2.75, 3.05) is 17.7 Å². The first-order chi connectivity index (χ1) is 12.0. The quantitative estimate of drug-likeness (QED) is 0.635. The zero-order chi connectivity index (χ0) is 18.0. The van der Waals surface area contributed by atoms with E-state index in [-0.39, 0.29) is 10.6 Å². The molecule has 0 saturated carbocycles. The summed E-state index contributed by atoms with van der Waals surface area (Å²) in [7, 11) is 0. The minimum absolute atomic E-state index is 0.0737. The largest absolute Gasteiger partial charge is 0.365 e. The first kappa shape index (κ1) is 17.2. The Kier molecular flexibility index (Phi) is 4.89. The number of aryl methyl sites for hydroxylation is 1. The van der Waals surface area contributed by atoms with Crippen LogP contribution in [0, 0.1) is 17.0 Å². The average molecular weight is 357 g/mol. The highest BCUT2D eigenvalue weighted by Crippen LogP contribution is 2.38. The number of nitro groups is 1. The fourth-order valence-electron chi connectivity index (χ4n) is 2.63. The van der Waals surface area contributed by atoms with Crippen molar-refractivity contribution in [1.82, 2.24) is 14.9 Å². The summed E-state index contributed by atoms with van der Waals surface area (Å²) >= 11 is 1.76. The second-order valence-electron chi connectivity index (χ2n) is 5.69. The van der Waals surface area contributed by atoms with E-state index in [0.717, 1.165) is 23.0 Å². The molecule has 0 radical (unpaired) electrons. The van der Waals surface area contributed by atoms with E-state index in [9.17, 15) is 10.1 Å². The van der Waals surface area contributed by atoms with Crippen LogP contribution in [0.1, 0.15) is 25.1 Å². The summed E-state index contributed by atoms with van der Waals surface area (Å²) in [6, 6.07) is 6.88. The number of hydrogen-bond donors (Lipinski definition) is 1. The van der Waals surface area contributed by atoms with Gasteiger partial charge in [-0.1, -0.05) is 6.07 Å². The lowest BCUT2D eigenvalue weighted by molar-refractivity contribution is -0.385. The van der Waals surface area contributed by atoms with Crippen molar-refractivity contribution >= 4 is 34.0 Å². The normalized spacial score (nSPS) is 14.1. The third-order valence-corrected chi connectivity index (χ3v) is 5.33. The van der Waals surface area contributed by atoms with Crippen LogP contribution in [-0.4, -0.2) is 32.2 Å². The van der Waals surface area contributed by atoms with Crippen LogP contribution in [0.2, 0.25) is 0 Å². The maximum absolute atomic E-state index is 11.1. The molecule has 2 aromatic rings. The molecule has 0 atom stereocenters. The molecule has 1 aliphatic heterocycles. The van der Waals surface area contributed by atoms with Gasteiger partial charge >= 0.3 is 0 Å². The number of anilines is 2. The van der Waals surface area contributed by atoms with Gasteiger partial charge < -0.3 is 10.2 Å². The van der Waals surface area contributed by atoms with Gasteiger partial charge in [-0.05, 0) is 32.9 Å². The molecule has 7 nitrogen and oxygen atoms in total. The van der Waals surface area contributed by atoms with Crippen molar-refractivity contribution in [2.24, 2.45) is 0 Å². The standard InChI is InChI=1S/C17H19N5O2S/c1-4-21-10-25-16(12(21)3)14-7-8-18-17(20-14)19-13-6-5-11(2)15(9-13)22(23)24/h5-9H,4,10H2,1-3H3,(H,18,19,20). The fourth-order valence-corrected chi connectivity index (χ4v) is 3.89. The highest BCUT2D eigenvalue weighted by Gasteiger charge is 2.21. The smallest absolute Gasteiger partial charge is 0.274 e. The SMILES string of the molecule is CCN1CSC(c2ccnc(Nc3ccc(C)c([N+](=O)[O-])c3)n2)=C1C. The lowest BCUT2D eigenvalue weighted by Crippen LogP contribution is -2.16. The van der Waals surface area contributed by atoms with Crippen LogP contribution in [0.25, 0.3) is 4.91 Å². The van der Waals surface area contributed by atoms with E-state index in [4.69, 9.17) is 0 Å². The van der Waals surface area contributed by atoms with Gasteiger partial charge in [-0.3, -0.25) is 10.1 Å². The Morgan fingerprint density at radius 1 is 1.36 bits per heavy atom. The molecule has 1 N–H and O–H groups in total. The van der Waals surface area contributed by atoms with Gasteiger partial charge in [0.1, 0.15) is 0 Å². The third kappa shape index (κ3) is 3.58. The van der Waals surface area contributed by atoms with Crippen LogP contribution in [-0.2, 0) is 0 Å². The molecule has 0 fully saturated rings. The van der Waals surface area contributed by atoms with Crippen molar-refractivity contribution in [3.8, 4) is 0 Å². The number of nitrogens with one attached hydrogen (secondary N) is 1. The Morgan fingerprint density at radius 3 is 2.84 bits per heavy atom. The van der Waals surface area contributed by atoms with Crippen LogP contribution < -0.4 is 5.32 Å². The number of thioether (sulfide) groups is 1. The number of benzene rings is 1. The number of hydrogen-bond acceptors (Lipinski definition) is 7. The zero-order valence-electron chi connectivity index (χ0n) is 14.3. The highest BCUT2D eigenvalue weighted by atomic mass is 32.2. The zero-order valence-corrected chi connectivity index (χ0v) is 15.1. The molecule has 1 aromatic heterocycles. The molecule has 0 aliphatic carbocycles. The van der Waals surface area contributed by atoms with Crippen molar-refractivity contribution in [3.63, 3.8) is 0 Å². The summed E-state index contributed by atoms with van der Waals surface area (Å²) in [6.07, 6.45) is 1.70. The minimum Gasteiger partial charge on any atom is -0.365 e. The first-order valence-corrected chi connectivity index (χ1v) is 8.92. The predicted octanol–water partition coefficient (Wildman–Crippen LogP) is 4.15. The molecule has 0 unspecified atom stereocenters. The minimum atomic E-state index is -0.388. The van der Waals surface area contributed by atoms with Crippen LogP contribution >= 0.6 is 11.8 Å². The summed E-state index contributed by atoms with van der Waals surface area (Å²) in [5.41, 5.74) is 3.35. The molecule has 2 heterocycles. The second-order valence-corrected chi connectivity index (χ2v) is 6.65. The topological polar surface area (TPSA) is 84.2 Å². The highest BCUT2D eigenvalue weighted by molar-refractivity contribution is 8.08. The van der Waals surface area contributed by atoms with Crippen LogP contribution in [0.4, 0.5) is 17.3 Å². The average Bonchev–Trinajstić information content (AvgIpc) is 2.97. The van der Waals surface area contributed by atoms with Crippen molar-refractivity contribution in [3.05, 3.63) is 57.5 Å². The van der Waals surface area contributed by atoms with Crippen molar-refractivity contribution < 1.29 is 4.92 Å². The molecule has 0 spiro atoms. The molecule has 25 heavy (non-hydrogen) atoms. The van der Waals surface area contributed by atoms with Gasteiger partial charge in [0.2, 0.25) is 5.95 Å². The molecule has 3 rings (SSSR count). The molecule has 0 bridgehead atoms. The summed E-state index contributed by atoms with van der Waals surface area (Å²) in [6.45, 7) is 6.90. The van der Waals surface area contributed by atoms with E-state index in [0.29, 0.717) is 17.2 Å². The summed E-state index contributed by atoms with van der Waals surface area (Å²) in [5.74, 6) is 1.35. The van der Waals surface area contributed by atoms with Crippen molar-refractivity contribution in [2.45, 2.75) is 20.8 Å². The molecular weight excluding hydrogens is 338 g/mol. The second kappa shape index (κ2) is 7.10. The first-order valence-electron chi connectivity index (χ1n) is 7.93. The van der Waals surface area contributed by atoms with Gasteiger partial charge in [0.25, 0.3) is 5.69 Å². The maximum Gasteiger partial charge on any atom is 0.274 e. The van der Waals surface area contributed by atoms with Crippen LogP contribution in [0.15, 0.2) is 36.2 Å². The van der Waals surface area contributed by atoms with Gasteiger partial charge in [0.15, 0.2) is 0 Å². The van der Waals surface area contributed by atoms with Gasteiger partial charge in [-0.25, -0.2) is 9.97 Å². The fraction of sp³-hybridized carbons (Fsp3) is 0.294. The Balaban J connectivity index is 1.87. The molecule has 1 aromatic carbocycles. The van der Waals surface area contributed by atoms with Gasteiger partial charge in [0.05, 0.1) is 21.4 Å². The Bertz CT molecular complexity index is 853. The lowest BCUT2D eigenvalue weighted by atomic mass is 10.2. The Hall–Kier alpha value is -2.61. The predicted molar refractivity (Wildman–Crippen MR) is 101 cm³/mol. The molecule has 0 amide bonds. The number of allylic oxidation sites excluding steroid dienone is 1. The number of rotatable bonds is 5. The van der Waals surface area contributed by atoms with Gasteiger partial charge in [-0.2, -0.15) is 0 Å². The van der Waals surface area contributed by atoms with Gasteiger partial charge in [-0.15, -0.1) is 11.8 Å². The molecular formula is C17H19N5O2S. The van der Waals surface area contributed by atoms with E-state index in [1.165, 1.54) is 11.8 Å². The molecule has 0 saturated heterocycles. The van der Waals surface area contributed by atoms with Crippen molar-refractivity contribution in [1.29, 1.82) is 0 Å². The Morgan fingerprint density at radius 2 is 2.16 bits per heavy atom. The maximum atomic E-state index is 11.1. The molecule has 8 heteroatoms. The number of aromatic nitrogens is 2. The monoisotopic (exact) mass is 357 g/mol. The number of nitro benzene ring substituents is 1. The van der Waals surface area contributed by atoms with E-state index in [1.807, 2.05) is 6.07 Å². The molecule has 1 aliphatic rings. The number of nitrogens with zero attached hydrogens (tertiary/aromatic N) is 4. The van der Waals surface area contributed by atoms with E-state index in [2.05, 4.69) is 34.0 Å². The summed E-state index contributed by atoms with van der Waals surface area (Å²) < 4.78 is 0.